The molecule has 2 N–H and O–H groups in total. The minimum atomic E-state index is -0.169. The number of carbonyl (C=O) groups excluding carboxylic acids is 1. The predicted octanol–water partition coefficient (Wildman–Crippen LogP) is 1.67. The summed E-state index contributed by atoms with van der Waals surface area (Å²) >= 11 is 0. The van der Waals surface area contributed by atoms with E-state index in [-0.39, 0.29) is 5.91 Å². The predicted molar refractivity (Wildman–Crippen MR) is 74.3 cm³/mol. The van der Waals surface area contributed by atoms with Gasteiger partial charge in [0.2, 0.25) is 0 Å². The summed E-state index contributed by atoms with van der Waals surface area (Å²) in [5.74, 6) is 1.18. The molecule has 0 aliphatic rings. The van der Waals surface area contributed by atoms with Crippen LogP contribution in [0.1, 0.15) is 23.0 Å². The molecule has 0 radical (unpaired) electrons. The summed E-state index contributed by atoms with van der Waals surface area (Å²) in [5, 5.41) is 9.78. The topological polar surface area (TPSA) is 71.8 Å². The van der Waals surface area contributed by atoms with Gasteiger partial charge in [0.05, 0.1) is 6.20 Å². The van der Waals surface area contributed by atoms with Gasteiger partial charge in [-0.3, -0.25) is 9.48 Å². The Morgan fingerprint density at radius 1 is 1.42 bits per heavy atom. The first-order valence-corrected chi connectivity index (χ1v) is 6.12. The summed E-state index contributed by atoms with van der Waals surface area (Å²) in [6.45, 7) is 2.00. The van der Waals surface area contributed by atoms with Gasteiger partial charge in [-0.1, -0.05) is 6.92 Å². The van der Waals surface area contributed by atoms with Crippen molar-refractivity contribution in [2.24, 2.45) is 7.05 Å². The number of anilines is 2. The highest BCUT2D eigenvalue weighted by Gasteiger charge is 2.11. The number of hydrogen-bond donors (Lipinski definition) is 2. The van der Waals surface area contributed by atoms with Crippen molar-refractivity contribution in [1.82, 2.24) is 14.8 Å². The van der Waals surface area contributed by atoms with Crippen LogP contribution in [0.5, 0.6) is 0 Å². The van der Waals surface area contributed by atoms with E-state index in [1.165, 1.54) is 0 Å². The van der Waals surface area contributed by atoms with Gasteiger partial charge < -0.3 is 10.6 Å². The molecule has 0 aromatic carbocycles. The first-order valence-electron chi connectivity index (χ1n) is 6.12. The lowest BCUT2D eigenvalue weighted by Crippen LogP contribution is -2.15. The summed E-state index contributed by atoms with van der Waals surface area (Å²) in [4.78, 5) is 16.6. The van der Waals surface area contributed by atoms with Gasteiger partial charge in [-0.25, -0.2) is 4.98 Å². The number of aromatic nitrogens is 3. The largest absolute Gasteiger partial charge is 0.373 e. The Labute approximate surface area is 111 Å². The van der Waals surface area contributed by atoms with Gasteiger partial charge >= 0.3 is 0 Å². The van der Waals surface area contributed by atoms with Crippen molar-refractivity contribution in [3.8, 4) is 0 Å². The second-order valence-electron chi connectivity index (χ2n) is 4.13. The molecule has 19 heavy (non-hydrogen) atoms. The zero-order chi connectivity index (χ0) is 13.8. The standard InChI is InChI=1S/C13H17N5O/c1-4-10-7-9(8-11(14-2)16-10)13(19)17-12-5-6-15-18(12)3/h5-8H,4H2,1-3H3,(H,14,16)(H,17,19). The number of hydrogen-bond acceptors (Lipinski definition) is 4. The van der Waals surface area contributed by atoms with Crippen LogP contribution in [0.25, 0.3) is 0 Å². The third kappa shape index (κ3) is 2.90. The van der Waals surface area contributed by atoms with E-state index in [9.17, 15) is 4.79 Å². The summed E-state index contributed by atoms with van der Waals surface area (Å²) in [6, 6.07) is 5.27. The molecule has 0 unspecified atom stereocenters. The van der Waals surface area contributed by atoms with E-state index in [0.29, 0.717) is 17.2 Å². The van der Waals surface area contributed by atoms with Gasteiger partial charge in [-0.2, -0.15) is 5.10 Å². The summed E-state index contributed by atoms with van der Waals surface area (Å²) in [5.41, 5.74) is 1.46. The molecule has 0 saturated carbocycles. The molecule has 2 aromatic heterocycles. The van der Waals surface area contributed by atoms with Crippen LogP contribution in [0.3, 0.4) is 0 Å². The molecule has 2 rings (SSSR count). The summed E-state index contributed by atoms with van der Waals surface area (Å²) in [6.07, 6.45) is 2.42. The van der Waals surface area contributed by atoms with Crippen LogP contribution in [0.15, 0.2) is 24.4 Å². The van der Waals surface area contributed by atoms with Crippen LogP contribution in [0.2, 0.25) is 0 Å². The second kappa shape index (κ2) is 5.51. The maximum atomic E-state index is 12.2. The highest BCUT2D eigenvalue weighted by atomic mass is 16.1. The number of nitrogens with zero attached hydrogens (tertiary/aromatic N) is 3. The quantitative estimate of drug-likeness (QED) is 0.876. The molecule has 0 atom stereocenters. The van der Waals surface area contributed by atoms with Crippen LogP contribution >= 0.6 is 0 Å². The van der Waals surface area contributed by atoms with E-state index in [1.54, 1.807) is 43.2 Å². The van der Waals surface area contributed by atoms with Crippen molar-refractivity contribution in [2.45, 2.75) is 13.3 Å². The molecule has 0 aliphatic heterocycles. The van der Waals surface area contributed by atoms with Crippen LogP contribution in [0, 0.1) is 0 Å². The van der Waals surface area contributed by atoms with Crippen LogP contribution in [-0.2, 0) is 13.5 Å². The zero-order valence-corrected chi connectivity index (χ0v) is 11.3. The average Bonchev–Trinajstić information content (AvgIpc) is 2.83. The van der Waals surface area contributed by atoms with Gasteiger partial charge in [0, 0.05) is 31.4 Å². The number of amides is 1. The SMILES string of the molecule is CCc1cc(C(=O)Nc2ccnn2C)cc(NC)n1. The lowest BCUT2D eigenvalue weighted by atomic mass is 10.2. The van der Waals surface area contributed by atoms with Crippen molar-refractivity contribution < 1.29 is 4.79 Å². The van der Waals surface area contributed by atoms with Gasteiger partial charge in [0.1, 0.15) is 11.6 Å². The third-order valence-corrected chi connectivity index (χ3v) is 2.82. The summed E-state index contributed by atoms with van der Waals surface area (Å²) < 4.78 is 1.61. The van der Waals surface area contributed by atoms with Gasteiger partial charge in [-0.05, 0) is 18.6 Å². The molecule has 0 saturated heterocycles. The first-order chi connectivity index (χ1) is 9.13. The fourth-order valence-electron chi connectivity index (χ4n) is 1.71. The Balaban J connectivity index is 2.25. The van der Waals surface area contributed by atoms with Gasteiger partial charge in [0.15, 0.2) is 0 Å². The second-order valence-corrected chi connectivity index (χ2v) is 4.13. The fourth-order valence-corrected chi connectivity index (χ4v) is 1.71. The molecule has 6 heteroatoms. The molecule has 2 heterocycles. The normalized spacial score (nSPS) is 10.3. The van der Waals surface area contributed by atoms with Crippen molar-refractivity contribution in [1.29, 1.82) is 0 Å². The van der Waals surface area contributed by atoms with Gasteiger partial charge in [0.25, 0.3) is 5.91 Å². The fraction of sp³-hybridized carbons (Fsp3) is 0.308. The Bertz CT molecular complexity index is 568. The van der Waals surface area contributed by atoms with E-state index in [1.807, 2.05) is 6.92 Å². The third-order valence-electron chi connectivity index (χ3n) is 2.82. The molecular weight excluding hydrogens is 242 g/mol. The minimum Gasteiger partial charge on any atom is -0.373 e. The minimum absolute atomic E-state index is 0.169. The molecule has 0 spiro atoms. The monoisotopic (exact) mass is 259 g/mol. The molecule has 0 aliphatic carbocycles. The van der Waals surface area contributed by atoms with Crippen LogP contribution in [-0.4, -0.2) is 27.7 Å². The smallest absolute Gasteiger partial charge is 0.257 e. The van der Waals surface area contributed by atoms with E-state index < -0.39 is 0 Å². The highest BCUT2D eigenvalue weighted by molar-refractivity contribution is 6.04. The molecular formula is C13H17N5O. The number of aryl methyl sites for hydroxylation is 2. The van der Waals surface area contributed by atoms with Crippen molar-refractivity contribution in [3.63, 3.8) is 0 Å². The van der Waals surface area contributed by atoms with Crippen molar-refractivity contribution >= 4 is 17.5 Å². The Morgan fingerprint density at radius 2 is 2.21 bits per heavy atom. The highest BCUT2D eigenvalue weighted by Crippen LogP contribution is 2.13. The summed E-state index contributed by atoms with van der Waals surface area (Å²) in [7, 11) is 3.56. The molecule has 0 fully saturated rings. The maximum absolute atomic E-state index is 12.2. The Morgan fingerprint density at radius 3 is 2.79 bits per heavy atom. The Hall–Kier alpha value is -2.37. The molecule has 2 aromatic rings. The molecule has 100 valence electrons. The van der Waals surface area contributed by atoms with E-state index in [2.05, 4.69) is 20.7 Å². The van der Waals surface area contributed by atoms with Crippen molar-refractivity contribution in [3.05, 3.63) is 35.7 Å². The van der Waals surface area contributed by atoms with E-state index in [0.717, 1.165) is 12.1 Å². The number of rotatable bonds is 4. The van der Waals surface area contributed by atoms with E-state index >= 15 is 0 Å². The van der Waals surface area contributed by atoms with E-state index in [4.69, 9.17) is 0 Å². The first kappa shape index (κ1) is 13.1. The zero-order valence-electron chi connectivity index (χ0n) is 11.3. The molecule has 1 amide bonds. The maximum Gasteiger partial charge on any atom is 0.257 e. The number of pyridine rings is 1. The van der Waals surface area contributed by atoms with Crippen molar-refractivity contribution in [2.75, 3.05) is 17.7 Å². The Kier molecular flexibility index (Phi) is 3.79. The molecule has 6 nitrogen and oxygen atoms in total. The lowest BCUT2D eigenvalue weighted by molar-refractivity contribution is 0.102. The lowest BCUT2D eigenvalue weighted by Gasteiger charge is -2.08. The average molecular weight is 259 g/mol. The molecule has 0 bridgehead atoms. The number of nitrogens with one attached hydrogen (secondary N) is 2. The number of carbonyl (C=O) groups is 1. The van der Waals surface area contributed by atoms with Crippen LogP contribution < -0.4 is 10.6 Å². The van der Waals surface area contributed by atoms with Crippen LogP contribution in [0.4, 0.5) is 11.6 Å². The van der Waals surface area contributed by atoms with Gasteiger partial charge in [-0.15, -0.1) is 0 Å².